The highest BCUT2D eigenvalue weighted by Gasteiger charge is 2.30. The zero-order valence-corrected chi connectivity index (χ0v) is 17.1. The zero-order chi connectivity index (χ0) is 21.3. The predicted octanol–water partition coefficient (Wildman–Crippen LogP) is 2.25. The van der Waals surface area contributed by atoms with Crippen LogP contribution in [0.3, 0.4) is 0 Å². The SMILES string of the molecule is CN1CCCN(C(=O)c2ccc(-c3ccc(/C=C4\C(=O)NC(=O)N4C)o3)cc2)CC1. The van der Waals surface area contributed by atoms with Crippen LogP contribution >= 0.6 is 0 Å². The number of imide groups is 1. The third kappa shape index (κ3) is 3.99. The van der Waals surface area contributed by atoms with Crippen LogP contribution in [0.2, 0.25) is 0 Å². The number of benzene rings is 1. The van der Waals surface area contributed by atoms with E-state index in [2.05, 4.69) is 17.3 Å². The lowest BCUT2D eigenvalue weighted by molar-refractivity contribution is -0.115. The number of urea groups is 1. The maximum atomic E-state index is 12.8. The maximum absolute atomic E-state index is 12.8. The van der Waals surface area contributed by atoms with Crippen molar-refractivity contribution in [3.05, 3.63) is 53.4 Å². The molecule has 2 aliphatic rings. The molecule has 30 heavy (non-hydrogen) atoms. The summed E-state index contributed by atoms with van der Waals surface area (Å²) in [5.41, 5.74) is 1.71. The van der Waals surface area contributed by atoms with Gasteiger partial charge >= 0.3 is 6.03 Å². The highest BCUT2D eigenvalue weighted by atomic mass is 16.3. The predicted molar refractivity (Wildman–Crippen MR) is 111 cm³/mol. The number of carbonyl (C=O) groups is 3. The van der Waals surface area contributed by atoms with Crippen molar-refractivity contribution in [2.75, 3.05) is 40.3 Å². The minimum absolute atomic E-state index is 0.0432. The quantitative estimate of drug-likeness (QED) is 0.622. The van der Waals surface area contributed by atoms with Crippen molar-refractivity contribution in [1.82, 2.24) is 20.0 Å². The van der Waals surface area contributed by atoms with E-state index in [-0.39, 0.29) is 11.6 Å². The van der Waals surface area contributed by atoms with Gasteiger partial charge in [-0.3, -0.25) is 19.8 Å². The van der Waals surface area contributed by atoms with Gasteiger partial charge < -0.3 is 14.2 Å². The third-order valence-corrected chi connectivity index (χ3v) is 5.45. The number of amides is 4. The number of hydrogen-bond acceptors (Lipinski definition) is 5. The summed E-state index contributed by atoms with van der Waals surface area (Å²) in [6.45, 7) is 3.39. The molecular weight excluding hydrogens is 384 g/mol. The fraction of sp³-hybridized carbons (Fsp3) is 0.318. The van der Waals surface area contributed by atoms with Crippen LogP contribution in [0.1, 0.15) is 22.5 Å². The van der Waals surface area contributed by atoms with Gasteiger partial charge in [0.2, 0.25) is 0 Å². The first-order valence-corrected chi connectivity index (χ1v) is 9.91. The molecule has 1 N–H and O–H groups in total. The van der Waals surface area contributed by atoms with Crippen molar-refractivity contribution in [2.24, 2.45) is 0 Å². The normalized spacial score (nSPS) is 19.3. The van der Waals surface area contributed by atoms with Gasteiger partial charge in [-0.15, -0.1) is 0 Å². The first-order chi connectivity index (χ1) is 14.4. The molecule has 0 unspecified atom stereocenters. The van der Waals surface area contributed by atoms with E-state index >= 15 is 0 Å². The highest BCUT2D eigenvalue weighted by molar-refractivity contribution is 6.13. The summed E-state index contributed by atoms with van der Waals surface area (Å²) < 4.78 is 5.81. The Kier molecular flexibility index (Phi) is 5.41. The van der Waals surface area contributed by atoms with E-state index in [4.69, 9.17) is 4.42 Å². The fourth-order valence-corrected chi connectivity index (χ4v) is 3.60. The number of carbonyl (C=O) groups excluding carboxylic acids is 3. The van der Waals surface area contributed by atoms with Gasteiger partial charge in [0.15, 0.2) is 0 Å². The molecule has 8 heteroatoms. The molecule has 4 rings (SSSR count). The molecule has 0 radical (unpaired) electrons. The number of hydrogen-bond donors (Lipinski definition) is 1. The smallest absolute Gasteiger partial charge is 0.328 e. The van der Waals surface area contributed by atoms with Crippen LogP contribution in [0, 0.1) is 0 Å². The molecule has 2 saturated heterocycles. The molecular formula is C22H24N4O4. The second-order valence-corrected chi connectivity index (χ2v) is 7.58. The Hall–Kier alpha value is -3.39. The second kappa shape index (κ2) is 8.16. The van der Waals surface area contributed by atoms with Crippen molar-refractivity contribution >= 4 is 23.9 Å². The van der Waals surface area contributed by atoms with Gasteiger partial charge in [0.05, 0.1) is 0 Å². The van der Waals surface area contributed by atoms with E-state index in [1.807, 2.05) is 29.2 Å². The minimum Gasteiger partial charge on any atom is -0.457 e. The van der Waals surface area contributed by atoms with Crippen LogP contribution in [0.5, 0.6) is 0 Å². The summed E-state index contributed by atoms with van der Waals surface area (Å²) >= 11 is 0. The molecule has 0 aliphatic carbocycles. The Labute approximate surface area is 174 Å². The molecule has 2 fully saturated rings. The number of nitrogens with one attached hydrogen (secondary N) is 1. The van der Waals surface area contributed by atoms with Gasteiger partial charge in [-0.25, -0.2) is 4.79 Å². The zero-order valence-electron chi connectivity index (χ0n) is 17.1. The van der Waals surface area contributed by atoms with Crippen LogP contribution in [0.15, 0.2) is 46.5 Å². The number of nitrogens with zero attached hydrogens (tertiary/aromatic N) is 3. The van der Waals surface area contributed by atoms with Gasteiger partial charge in [-0.05, 0) is 44.3 Å². The Morgan fingerprint density at radius 2 is 1.77 bits per heavy atom. The summed E-state index contributed by atoms with van der Waals surface area (Å²) in [6, 6.07) is 10.4. The average Bonchev–Trinajstić information content (AvgIpc) is 3.22. The molecule has 0 spiro atoms. The molecule has 0 saturated carbocycles. The third-order valence-electron chi connectivity index (χ3n) is 5.45. The van der Waals surface area contributed by atoms with Gasteiger partial charge in [0.1, 0.15) is 17.2 Å². The van der Waals surface area contributed by atoms with E-state index in [0.717, 1.165) is 38.2 Å². The van der Waals surface area contributed by atoms with E-state index in [0.29, 0.717) is 17.1 Å². The van der Waals surface area contributed by atoms with Crippen LogP contribution in [0.4, 0.5) is 4.79 Å². The summed E-state index contributed by atoms with van der Waals surface area (Å²) in [5, 5.41) is 2.23. The molecule has 1 aromatic heterocycles. The summed E-state index contributed by atoms with van der Waals surface area (Å²) in [5.74, 6) is 0.667. The molecule has 156 valence electrons. The first kappa shape index (κ1) is 19.9. The summed E-state index contributed by atoms with van der Waals surface area (Å²) in [7, 11) is 3.60. The molecule has 2 aliphatic heterocycles. The van der Waals surface area contributed by atoms with E-state index in [1.54, 1.807) is 12.1 Å². The molecule has 3 heterocycles. The molecule has 0 bridgehead atoms. The van der Waals surface area contributed by atoms with Crippen molar-refractivity contribution in [3.8, 4) is 11.3 Å². The molecule has 0 atom stereocenters. The monoisotopic (exact) mass is 408 g/mol. The van der Waals surface area contributed by atoms with Crippen molar-refractivity contribution in [3.63, 3.8) is 0 Å². The highest BCUT2D eigenvalue weighted by Crippen LogP contribution is 2.25. The maximum Gasteiger partial charge on any atom is 0.328 e. The van der Waals surface area contributed by atoms with Gasteiger partial charge in [-0.2, -0.15) is 0 Å². The molecule has 8 nitrogen and oxygen atoms in total. The van der Waals surface area contributed by atoms with E-state index in [9.17, 15) is 14.4 Å². The Bertz CT molecular complexity index is 1010. The van der Waals surface area contributed by atoms with Crippen LogP contribution in [-0.4, -0.2) is 72.8 Å². The van der Waals surface area contributed by atoms with Crippen molar-refractivity contribution in [1.29, 1.82) is 0 Å². The van der Waals surface area contributed by atoms with Crippen LogP contribution < -0.4 is 5.32 Å². The second-order valence-electron chi connectivity index (χ2n) is 7.58. The fourth-order valence-electron chi connectivity index (χ4n) is 3.60. The van der Waals surface area contributed by atoms with Crippen molar-refractivity contribution < 1.29 is 18.8 Å². The molecule has 4 amide bonds. The molecule has 2 aromatic rings. The summed E-state index contributed by atoms with van der Waals surface area (Å²) in [6.07, 6.45) is 2.50. The lowest BCUT2D eigenvalue weighted by Gasteiger charge is -2.20. The lowest BCUT2D eigenvalue weighted by Crippen LogP contribution is -2.34. The lowest BCUT2D eigenvalue weighted by atomic mass is 10.1. The Balaban J connectivity index is 1.48. The van der Waals surface area contributed by atoms with Gasteiger partial charge in [-0.1, -0.05) is 12.1 Å². The number of rotatable bonds is 3. The minimum atomic E-state index is -0.464. The first-order valence-electron chi connectivity index (χ1n) is 9.91. The molecule has 1 aromatic carbocycles. The van der Waals surface area contributed by atoms with E-state index < -0.39 is 11.9 Å². The van der Waals surface area contributed by atoms with Gasteiger partial charge in [0.25, 0.3) is 11.8 Å². The largest absolute Gasteiger partial charge is 0.457 e. The van der Waals surface area contributed by atoms with Gasteiger partial charge in [0, 0.05) is 43.9 Å². The topological polar surface area (TPSA) is 86.1 Å². The standard InChI is InChI=1S/C22H24N4O4/c1-24-10-3-11-26(13-12-24)21(28)16-6-4-15(5-7-16)19-9-8-17(30-19)14-18-20(27)23-22(29)25(18)2/h4-9,14H,3,10-13H2,1-2H3,(H,23,27,29)/b18-14+. The van der Waals surface area contributed by atoms with Crippen molar-refractivity contribution in [2.45, 2.75) is 6.42 Å². The van der Waals surface area contributed by atoms with Crippen LogP contribution in [0.25, 0.3) is 17.4 Å². The number of furan rings is 1. The summed E-state index contributed by atoms with van der Waals surface area (Å²) in [4.78, 5) is 41.5. The van der Waals surface area contributed by atoms with Crippen LogP contribution in [-0.2, 0) is 4.79 Å². The number of likely N-dealkylation sites (N-methyl/N-ethyl adjacent to an activating group) is 2. The Morgan fingerprint density at radius 1 is 1.00 bits per heavy atom. The Morgan fingerprint density at radius 3 is 2.47 bits per heavy atom. The van der Waals surface area contributed by atoms with E-state index in [1.165, 1.54) is 18.0 Å². The average molecular weight is 408 g/mol.